The third-order valence-corrected chi connectivity index (χ3v) is 2.85. The number of hydrogen-bond acceptors (Lipinski definition) is 3. The topological polar surface area (TPSA) is 48.1 Å². The first-order valence-corrected chi connectivity index (χ1v) is 6.15. The second kappa shape index (κ2) is 5.85. The molecule has 4 heteroatoms. The molecule has 2 aromatic rings. The lowest BCUT2D eigenvalue weighted by molar-refractivity contribution is 0.479. The van der Waals surface area contributed by atoms with Crippen molar-refractivity contribution in [1.82, 2.24) is 4.98 Å². The number of aromatic nitrogens is 1. The van der Waals surface area contributed by atoms with Crippen molar-refractivity contribution >= 4 is 11.6 Å². The molecule has 0 saturated carbocycles. The first-order valence-electron chi connectivity index (χ1n) is 5.77. The van der Waals surface area contributed by atoms with Crippen molar-refractivity contribution in [3.63, 3.8) is 0 Å². The molecule has 2 N–H and O–H groups in total. The van der Waals surface area contributed by atoms with Crippen LogP contribution in [0.5, 0.6) is 11.5 Å². The van der Waals surface area contributed by atoms with Crippen LogP contribution in [-0.4, -0.2) is 11.5 Å². The van der Waals surface area contributed by atoms with Crippen LogP contribution in [0.4, 0.5) is 0 Å². The number of nitrogens with two attached hydrogens (primary N) is 1. The molecule has 0 radical (unpaired) electrons. The first-order chi connectivity index (χ1) is 8.69. The molecule has 3 nitrogen and oxygen atoms in total. The quantitative estimate of drug-likeness (QED) is 0.919. The van der Waals surface area contributed by atoms with Crippen LogP contribution in [0.2, 0.25) is 5.02 Å². The molecule has 0 spiro atoms. The van der Waals surface area contributed by atoms with Crippen molar-refractivity contribution in [2.24, 2.45) is 5.73 Å². The second-order valence-corrected chi connectivity index (χ2v) is 4.50. The summed E-state index contributed by atoms with van der Waals surface area (Å²) in [6.07, 6.45) is 4.09. The van der Waals surface area contributed by atoms with Gasteiger partial charge in [0.2, 0.25) is 0 Å². The zero-order chi connectivity index (χ0) is 13.0. The number of hydrogen-bond donors (Lipinski definition) is 1. The highest BCUT2D eigenvalue weighted by Crippen LogP contribution is 2.25. The molecule has 0 atom stereocenters. The van der Waals surface area contributed by atoms with Gasteiger partial charge in [0.15, 0.2) is 0 Å². The maximum Gasteiger partial charge on any atom is 0.147 e. The Bertz CT molecular complexity index is 543. The zero-order valence-corrected chi connectivity index (χ0v) is 10.9. The molecule has 1 heterocycles. The minimum atomic E-state index is 0.559. The van der Waals surface area contributed by atoms with Gasteiger partial charge in [0.1, 0.15) is 11.5 Å². The summed E-state index contributed by atoms with van der Waals surface area (Å²) < 4.78 is 5.69. The predicted octanol–water partition coefficient (Wildman–Crippen LogP) is 3.34. The van der Waals surface area contributed by atoms with E-state index in [-0.39, 0.29) is 0 Å². The van der Waals surface area contributed by atoms with E-state index in [0.29, 0.717) is 17.3 Å². The van der Waals surface area contributed by atoms with Gasteiger partial charge in [0, 0.05) is 12.3 Å². The van der Waals surface area contributed by atoms with E-state index in [2.05, 4.69) is 4.98 Å². The van der Waals surface area contributed by atoms with Crippen LogP contribution in [0.15, 0.2) is 36.7 Å². The summed E-state index contributed by atoms with van der Waals surface area (Å²) in [7, 11) is 0. The fourth-order valence-corrected chi connectivity index (χ4v) is 1.92. The van der Waals surface area contributed by atoms with Crippen LogP contribution in [-0.2, 0) is 6.42 Å². The Morgan fingerprint density at radius 3 is 2.72 bits per heavy atom. The number of pyridine rings is 1. The molecular formula is C14H15ClN2O. The van der Waals surface area contributed by atoms with Crippen LogP contribution in [0.3, 0.4) is 0 Å². The maximum atomic E-state index is 5.85. The van der Waals surface area contributed by atoms with Crippen molar-refractivity contribution in [1.29, 1.82) is 0 Å². The Hall–Kier alpha value is -1.58. The zero-order valence-electron chi connectivity index (χ0n) is 10.2. The van der Waals surface area contributed by atoms with E-state index in [0.717, 1.165) is 12.2 Å². The SMILES string of the molecule is Cc1cc(Oc2cncc(Cl)c2)ccc1CCN. The van der Waals surface area contributed by atoms with E-state index in [1.807, 2.05) is 25.1 Å². The molecule has 0 amide bonds. The Morgan fingerprint density at radius 1 is 1.22 bits per heavy atom. The molecule has 0 fully saturated rings. The molecule has 1 aromatic carbocycles. The molecule has 0 aliphatic carbocycles. The Balaban J connectivity index is 2.17. The summed E-state index contributed by atoms with van der Waals surface area (Å²) in [4.78, 5) is 3.98. The van der Waals surface area contributed by atoms with Crippen LogP contribution < -0.4 is 10.5 Å². The van der Waals surface area contributed by atoms with Crippen molar-refractivity contribution in [2.45, 2.75) is 13.3 Å². The Labute approximate surface area is 112 Å². The van der Waals surface area contributed by atoms with Crippen LogP contribution in [0.1, 0.15) is 11.1 Å². The van der Waals surface area contributed by atoms with Gasteiger partial charge in [0.05, 0.1) is 11.2 Å². The third kappa shape index (κ3) is 3.22. The molecule has 18 heavy (non-hydrogen) atoms. The molecule has 94 valence electrons. The molecule has 0 bridgehead atoms. The van der Waals surface area contributed by atoms with Gasteiger partial charge in [-0.05, 0) is 43.1 Å². The van der Waals surface area contributed by atoms with Crippen molar-refractivity contribution < 1.29 is 4.74 Å². The molecule has 0 aliphatic heterocycles. The van der Waals surface area contributed by atoms with Crippen molar-refractivity contribution in [2.75, 3.05) is 6.54 Å². The molecule has 2 rings (SSSR count). The van der Waals surface area contributed by atoms with Gasteiger partial charge >= 0.3 is 0 Å². The number of aryl methyl sites for hydroxylation is 1. The van der Waals surface area contributed by atoms with E-state index in [9.17, 15) is 0 Å². The molecule has 0 saturated heterocycles. The normalized spacial score (nSPS) is 10.4. The standard InChI is InChI=1S/C14H15ClN2O/c1-10-6-13(3-2-11(10)4-5-16)18-14-7-12(15)8-17-9-14/h2-3,6-9H,4-5,16H2,1H3. The van der Waals surface area contributed by atoms with Crippen LogP contribution in [0, 0.1) is 6.92 Å². The summed E-state index contributed by atoms with van der Waals surface area (Å²) in [5.41, 5.74) is 7.97. The fourth-order valence-electron chi connectivity index (χ4n) is 1.75. The lowest BCUT2D eigenvalue weighted by Gasteiger charge is -2.09. The summed E-state index contributed by atoms with van der Waals surface area (Å²) in [6, 6.07) is 7.69. The largest absolute Gasteiger partial charge is 0.456 e. The van der Waals surface area contributed by atoms with E-state index < -0.39 is 0 Å². The lowest BCUT2D eigenvalue weighted by Crippen LogP contribution is -2.04. The number of ether oxygens (including phenoxy) is 1. The molecule has 1 aromatic heterocycles. The van der Waals surface area contributed by atoms with E-state index in [1.165, 1.54) is 11.1 Å². The van der Waals surface area contributed by atoms with E-state index in [1.54, 1.807) is 18.5 Å². The smallest absolute Gasteiger partial charge is 0.147 e. The van der Waals surface area contributed by atoms with Gasteiger partial charge in [-0.1, -0.05) is 17.7 Å². The first kappa shape index (κ1) is 12.9. The van der Waals surface area contributed by atoms with Crippen molar-refractivity contribution in [3.8, 4) is 11.5 Å². The predicted molar refractivity (Wildman–Crippen MR) is 73.3 cm³/mol. The summed E-state index contributed by atoms with van der Waals surface area (Å²) in [5.74, 6) is 1.41. The average Bonchev–Trinajstić information content (AvgIpc) is 2.33. The van der Waals surface area contributed by atoms with Gasteiger partial charge in [0.25, 0.3) is 0 Å². The van der Waals surface area contributed by atoms with Gasteiger partial charge in [-0.15, -0.1) is 0 Å². The highest BCUT2D eigenvalue weighted by Gasteiger charge is 2.02. The van der Waals surface area contributed by atoms with Gasteiger partial charge in [-0.25, -0.2) is 0 Å². The number of halogens is 1. The maximum absolute atomic E-state index is 5.85. The van der Waals surface area contributed by atoms with E-state index in [4.69, 9.17) is 22.1 Å². The van der Waals surface area contributed by atoms with Crippen molar-refractivity contribution in [3.05, 3.63) is 52.8 Å². The summed E-state index contributed by atoms with van der Waals surface area (Å²) in [6.45, 7) is 2.70. The van der Waals surface area contributed by atoms with Gasteiger partial charge in [-0.2, -0.15) is 0 Å². The fraction of sp³-hybridized carbons (Fsp3) is 0.214. The minimum Gasteiger partial charge on any atom is -0.456 e. The summed E-state index contributed by atoms with van der Waals surface area (Å²) in [5, 5.41) is 0.559. The minimum absolute atomic E-state index is 0.559. The van der Waals surface area contributed by atoms with Crippen LogP contribution in [0.25, 0.3) is 0 Å². The lowest BCUT2D eigenvalue weighted by atomic mass is 10.1. The average molecular weight is 263 g/mol. The van der Waals surface area contributed by atoms with Gasteiger partial charge < -0.3 is 10.5 Å². The molecule has 0 aliphatic rings. The number of benzene rings is 1. The van der Waals surface area contributed by atoms with Crippen LogP contribution >= 0.6 is 11.6 Å². The highest BCUT2D eigenvalue weighted by molar-refractivity contribution is 6.30. The Morgan fingerprint density at radius 2 is 2.06 bits per heavy atom. The summed E-state index contributed by atoms with van der Waals surface area (Å²) >= 11 is 5.85. The third-order valence-electron chi connectivity index (χ3n) is 2.64. The number of nitrogens with zero attached hydrogens (tertiary/aromatic N) is 1. The second-order valence-electron chi connectivity index (χ2n) is 4.07. The highest BCUT2D eigenvalue weighted by atomic mass is 35.5. The number of rotatable bonds is 4. The van der Waals surface area contributed by atoms with Gasteiger partial charge in [-0.3, -0.25) is 4.98 Å². The van der Waals surface area contributed by atoms with E-state index >= 15 is 0 Å². The monoisotopic (exact) mass is 262 g/mol. The molecule has 0 unspecified atom stereocenters. The Kier molecular flexibility index (Phi) is 4.18. The molecular weight excluding hydrogens is 248 g/mol.